The van der Waals surface area contributed by atoms with Gasteiger partial charge in [0.05, 0.1) is 11.6 Å². The van der Waals surface area contributed by atoms with Crippen molar-refractivity contribution in [3.63, 3.8) is 0 Å². The Balaban J connectivity index is 1.96. The highest BCUT2D eigenvalue weighted by Crippen LogP contribution is 2.43. The number of aliphatic hydroxyl groups is 1. The van der Waals surface area contributed by atoms with Crippen molar-refractivity contribution in [2.24, 2.45) is 0 Å². The van der Waals surface area contributed by atoms with Gasteiger partial charge in [0, 0.05) is 20.7 Å². The summed E-state index contributed by atoms with van der Waals surface area (Å²) in [5.41, 5.74) is 1.97. The molecule has 0 saturated carbocycles. The van der Waals surface area contributed by atoms with Crippen LogP contribution in [0.3, 0.4) is 0 Å². The summed E-state index contributed by atoms with van der Waals surface area (Å²) in [7, 11) is 0. The summed E-state index contributed by atoms with van der Waals surface area (Å²) in [5, 5.41) is 11.5. The fourth-order valence-electron chi connectivity index (χ4n) is 3.59. The molecule has 0 aliphatic carbocycles. The molecule has 7 heteroatoms. The molecule has 1 aliphatic heterocycles. The van der Waals surface area contributed by atoms with Gasteiger partial charge >= 0.3 is 0 Å². The number of benzene rings is 3. The number of halogens is 3. The summed E-state index contributed by atoms with van der Waals surface area (Å²) in [6.07, 6.45) is 0. The molecule has 4 nitrogen and oxygen atoms in total. The highest BCUT2D eigenvalue weighted by Gasteiger charge is 2.47. The maximum atomic E-state index is 14.1. The number of anilines is 1. The van der Waals surface area contributed by atoms with E-state index in [2.05, 4.69) is 15.9 Å². The van der Waals surface area contributed by atoms with Crippen LogP contribution in [0.1, 0.15) is 22.7 Å². The number of aliphatic hydroxyl groups excluding tert-OH is 1. The van der Waals surface area contributed by atoms with E-state index < -0.39 is 23.5 Å². The minimum atomic E-state index is -0.999. The van der Waals surface area contributed by atoms with Crippen LogP contribution >= 0.6 is 27.5 Å². The van der Waals surface area contributed by atoms with Gasteiger partial charge in [0.15, 0.2) is 0 Å². The molecule has 1 fully saturated rings. The second-order valence-corrected chi connectivity index (χ2v) is 8.46. The first-order valence-corrected chi connectivity index (χ1v) is 10.5. The van der Waals surface area contributed by atoms with Crippen molar-refractivity contribution < 1.29 is 19.1 Å². The average molecular weight is 501 g/mol. The Morgan fingerprint density at radius 3 is 2.42 bits per heavy atom. The van der Waals surface area contributed by atoms with Gasteiger partial charge in [-0.2, -0.15) is 0 Å². The second kappa shape index (κ2) is 8.29. The van der Waals surface area contributed by atoms with E-state index in [1.165, 1.54) is 23.1 Å². The number of nitrogens with zero attached hydrogens (tertiary/aromatic N) is 1. The van der Waals surface area contributed by atoms with E-state index in [0.29, 0.717) is 21.8 Å². The number of hydrogen-bond acceptors (Lipinski definition) is 3. The van der Waals surface area contributed by atoms with Gasteiger partial charge in [0.1, 0.15) is 11.6 Å². The number of rotatable bonds is 3. The molecule has 1 amide bonds. The summed E-state index contributed by atoms with van der Waals surface area (Å²) in [6.45, 7) is 1.90. The highest BCUT2D eigenvalue weighted by molar-refractivity contribution is 9.10. The first-order valence-electron chi connectivity index (χ1n) is 9.36. The predicted molar refractivity (Wildman–Crippen MR) is 122 cm³/mol. The summed E-state index contributed by atoms with van der Waals surface area (Å²) in [4.78, 5) is 27.4. The first-order chi connectivity index (χ1) is 14.8. The topological polar surface area (TPSA) is 57.6 Å². The lowest BCUT2D eigenvalue weighted by molar-refractivity contribution is -0.132. The normalized spacial score (nSPS) is 17.9. The minimum absolute atomic E-state index is 0.116. The third kappa shape index (κ3) is 3.89. The molecule has 3 aromatic rings. The molecule has 1 heterocycles. The van der Waals surface area contributed by atoms with Crippen molar-refractivity contribution in [3.8, 4) is 0 Å². The molecule has 1 N–H and O–H groups in total. The van der Waals surface area contributed by atoms with E-state index >= 15 is 0 Å². The molecule has 156 valence electrons. The lowest BCUT2D eigenvalue weighted by atomic mass is 9.95. The Morgan fingerprint density at radius 2 is 1.77 bits per heavy atom. The highest BCUT2D eigenvalue weighted by atomic mass is 79.9. The third-order valence-electron chi connectivity index (χ3n) is 5.16. The number of carbonyl (C=O) groups is 2. The Bertz CT molecular complexity index is 1240. The lowest BCUT2D eigenvalue weighted by Crippen LogP contribution is -2.29. The van der Waals surface area contributed by atoms with Gasteiger partial charge < -0.3 is 5.11 Å². The monoisotopic (exact) mass is 499 g/mol. The van der Waals surface area contributed by atoms with Crippen molar-refractivity contribution in [2.45, 2.75) is 13.0 Å². The summed E-state index contributed by atoms with van der Waals surface area (Å²) >= 11 is 9.37. The molecule has 31 heavy (non-hydrogen) atoms. The Kier molecular flexibility index (Phi) is 5.69. The zero-order chi connectivity index (χ0) is 22.3. The van der Waals surface area contributed by atoms with Gasteiger partial charge in [-0.25, -0.2) is 4.39 Å². The maximum Gasteiger partial charge on any atom is 0.300 e. The number of carbonyl (C=O) groups excluding carboxylic acids is 2. The molecule has 0 aromatic heterocycles. The van der Waals surface area contributed by atoms with Crippen LogP contribution in [-0.4, -0.2) is 16.8 Å². The number of Topliss-reactive ketones (excluding diaryl/α,β-unsaturated/α-hetero) is 1. The Morgan fingerprint density at radius 1 is 1.06 bits per heavy atom. The number of hydrogen-bond donors (Lipinski definition) is 1. The fourth-order valence-corrected chi connectivity index (χ4v) is 4.08. The Hall–Kier alpha value is -2.96. The smallest absolute Gasteiger partial charge is 0.300 e. The third-order valence-corrected chi connectivity index (χ3v) is 6.27. The molecular weight excluding hydrogens is 485 g/mol. The molecule has 1 saturated heterocycles. The quantitative estimate of drug-likeness (QED) is 0.266. The molecule has 0 radical (unpaired) electrons. The molecule has 4 rings (SSSR count). The molecule has 1 atom stereocenters. The second-order valence-electron chi connectivity index (χ2n) is 7.16. The summed E-state index contributed by atoms with van der Waals surface area (Å²) in [6, 6.07) is 16.1. The van der Waals surface area contributed by atoms with Crippen LogP contribution in [0.5, 0.6) is 0 Å². The zero-order valence-corrected chi connectivity index (χ0v) is 18.6. The van der Waals surface area contributed by atoms with E-state index in [9.17, 15) is 19.1 Å². The van der Waals surface area contributed by atoms with E-state index in [4.69, 9.17) is 11.6 Å². The standard InChI is InChI=1S/C24H16BrClFNO3/c1-13-5-10-18(12-19(13)25)28-21(15-3-2-4-17(27)11-15)20(23(30)24(28)31)22(29)14-6-8-16(26)9-7-14/h2-12,21,29H,1H3/t21-/m1/s1. The van der Waals surface area contributed by atoms with Crippen LogP contribution in [0.15, 0.2) is 76.8 Å². The summed E-state index contributed by atoms with van der Waals surface area (Å²) in [5.74, 6) is -2.52. The lowest BCUT2D eigenvalue weighted by Gasteiger charge is -2.26. The van der Waals surface area contributed by atoms with Gasteiger partial charge in [-0.3, -0.25) is 14.5 Å². The maximum absolute atomic E-state index is 14.1. The van der Waals surface area contributed by atoms with Crippen LogP contribution < -0.4 is 4.90 Å². The van der Waals surface area contributed by atoms with Crippen LogP contribution in [0, 0.1) is 12.7 Å². The molecule has 0 bridgehead atoms. The van der Waals surface area contributed by atoms with E-state index in [-0.39, 0.29) is 11.3 Å². The van der Waals surface area contributed by atoms with Crippen LogP contribution in [0.25, 0.3) is 5.76 Å². The largest absolute Gasteiger partial charge is 0.507 e. The molecular formula is C24H16BrClFNO3. The van der Waals surface area contributed by atoms with Crippen molar-refractivity contribution in [3.05, 3.63) is 104 Å². The van der Waals surface area contributed by atoms with Crippen LogP contribution in [0.2, 0.25) is 5.02 Å². The number of aryl methyl sites for hydroxylation is 1. The minimum Gasteiger partial charge on any atom is -0.507 e. The average Bonchev–Trinajstić information content (AvgIpc) is 3.01. The molecule has 0 spiro atoms. The fraction of sp³-hybridized carbons (Fsp3) is 0.0833. The predicted octanol–water partition coefficient (Wildman–Crippen LogP) is 6.18. The van der Waals surface area contributed by atoms with Gasteiger partial charge in [0.2, 0.25) is 0 Å². The van der Waals surface area contributed by atoms with E-state index in [0.717, 1.165) is 10.0 Å². The molecule has 0 unspecified atom stereocenters. The van der Waals surface area contributed by atoms with Crippen molar-refractivity contribution >= 4 is 50.7 Å². The van der Waals surface area contributed by atoms with Crippen LogP contribution in [-0.2, 0) is 9.59 Å². The van der Waals surface area contributed by atoms with Gasteiger partial charge in [-0.15, -0.1) is 0 Å². The molecule has 1 aliphatic rings. The number of amides is 1. The van der Waals surface area contributed by atoms with Crippen molar-refractivity contribution in [1.29, 1.82) is 0 Å². The van der Waals surface area contributed by atoms with E-state index in [1.807, 2.05) is 6.92 Å². The van der Waals surface area contributed by atoms with Gasteiger partial charge in [-0.1, -0.05) is 45.7 Å². The zero-order valence-electron chi connectivity index (χ0n) is 16.3. The summed E-state index contributed by atoms with van der Waals surface area (Å²) < 4.78 is 14.8. The van der Waals surface area contributed by atoms with Crippen molar-refractivity contribution in [2.75, 3.05) is 4.90 Å². The molecule has 3 aromatic carbocycles. The van der Waals surface area contributed by atoms with Gasteiger partial charge in [-0.05, 0) is 66.6 Å². The van der Waals surface area contributed by atoms with Crippen LogP contribution in [0.4, 0.5) is 10.1 Å². The van der Waals surface area contributed by atoms with E-state index in [1.54, 1.807) is 48.5 Å². The first kappa shape index (κ1) is 21.3. The van der Waals surface area contributed by atoms with Gasteiger partial charge in [0.25, 0.3) is 11.7 Å². The van der Waals surface area contributed by atoms with Crippen molar-refractivity contribution in [1.82, 2.24) is 0 Å². The Labute approximate surface area is 191 Å². The number of ketones is 1. The SMILES string of the molecule is Cc1ccc(N2C(=O)C(=O)C(=C(O)c3ccc(Cl)cc3)[C@H]2c2cccc(F)c2)cc1Br.